The van der Waals surface area contributed by atoms with E-state index in [1.807, 2.05) is 0 Å². The first kappa shape index (κ1) is 19.3. The Bertz CT molecular complexity index is 972. The Morgan fingerprint density at radius 3 is 2.29 bits per heavy atom. The molecule has 4 nitrogen and oxygen atoms in total. The van der Waals surface area contributed by atoms with Crippen LogP contribution in [0.25, 0.3) is 0 Å². The first-order valence-electron chi connectivity index (χ1n) is 8.26. The summed E-state index contributed by atoms with van der Waals surface area (Å²) in [6.45, 7) is 0. The van der Waals surface area contributed by atoms with Crippen molar-refractivity contribution in [1.29, 1.82) is 0 Å². The lowest BCUT2D eigenvalue weighted by molar-refractivity contribution is -0.137. The van der Waals surface area contributed by atoms with E-state index in [1.54, 1.807) is 54.6 Å². The zero-order valence-electron chi connectivity index (χ0n) is 14.8. The number of alkyl halides is 3. The molecule has 0 aliphatic rings. The number of ether oxygens (including phenoxy) is 2. The molecular formula is C21H16F3NO3. The van der Waals surface area contributed by atoms with Crippen molar-refractivity contribution >= 4 is 11.6 Å². The molecule has 0 atom stereocenters. The fourth-order valence-corrected chi connectivity index (χ4v) is 2.47. The normalized spacial score (nSPS) is 11.0. The molecule has 0 spiro atoms. The average molecular weight is 387 g/mol. The summed E-state index contributed by atoms with van der Waals surface area (Å²) < 4.78 is 50.2. The van der Waals surface area contributed by atoms with E-state index in [0.717, 1.165) is 12.1 Å². The van der Waals surface area contributed by atoms with Gasteiger partial charge in [-0.05, 0) is 42.5 Å². The number of halogens is 3. The van der Waals surface area contributed by atoms with Gasteiger partial charge in [-0.2, -0.15) is 13.2 Å². The molecule has 3 aromatic carbocycles. The van der Waals surface area contributed by atoms with E-state index in [4.69, 9.17) is 9.47 Å². The van der Waals surface area contributed by atoms with Crippen molar-refractivity contribution < 1.29 is 27.4 Å². The summed E-state index contributed by atoms with van der Waals surface area (Å²) in [5.74, 6) is 0.412. The van der Waals surface area contributed by atoms with Gasteiger partial charge in [0.1, 0.15) is 11.5 Å². The number of hydrogen-bond acceptors (Lipinski definition) is 3. The maximum Gasteiger partial charge on any atom is 0.416 e. The van der Waals surface area contributed by atoms with Crippen LogP contribution in [0.5, 0.6) is 17.2 Å². The largest absolute Gasteiger partial charge is 0.497 e. The highest BCUT2D eigenvalue weighted by Gasteiger charge is 2.31. The highest BCUT2D eigenvalue weighted by atomic mass is 19.4. The second-order valence-electron chi connectivity index (χ2n) is 5.81. The van der Waals surface area contributed by atoms with Gasteiger partial charge in [-0.1, -0.05) is 24.3 Å². The Morgan fingerprint density at radius 1 is 0.893 bits per heavy atom. The number of nitrogens with one attached hydrogen (secondary N) is 1. The van der Waals surface area contributed by atoms with Crippen LogP contribution in [-0.4, -0.2) is 13.0 Å². The SMILES string of the molecule is COc1cccc(Oc2ccc(C(F)(F)F)cc2NC(=O)c2ccccc2)c1. The van der Waals surface area contributed by atoms with Crippen LogP contribution in [0, 0.1) is 0 Å². The van der Waals surface area contributed by atoms with Gasteiger partial charge in [0, 0.05) is 11.6 Å². The van der Waals surface area contributed by atoms with Crippen molar-refractivity contribution in [2.75, 3.05) is 12.4 Å². The number of hydrogen-bond donors (Lipinski definition) is 1. The molecule has 3 aromatic rings. The van der Waals surface area contributed by atoms with E-state index in [2.05, 4.69) is 5.32 Å². The smallest absolute Gasteiger partial charge is 0.416 e. The molecule has 0 radical (unpaired) electrons. The average Bonchev–Trinajstić information content (AvgIpc) is 2.69. The van der Waals surface area contributed by atoms with Crippen molar-refractivity contribution in [1.82, 2.24) is 0 Å². The summed E-state index contributed by atoms with van der Waals surface area (Å²) in [5.41, 5.74) is -0.674. The van der Waals surface area contributed by atoms with Gasteiger partial charge in [0.2, 0.25) is 0 Å². The van der Waals surface area contributed by atoms with Crippen molar-refractivity contribution in [3.05, 3.63) is 83.9 Å². The van der Waals surface area contributed by atoms with Gasteiger partial charge < -0.3 is 14.8 Å². The lowest BCUT2D eigenvalue weighted by atomic mass is 10.1. The van der Waals surface area contributed by atoms with Gasteiger partial charge in [0.15, 0.2) is 5.75 Å². The topological polar surface area (TPSA) is 47.6 Å². The minimum atomic E-state index is -4.55. The van der Waals surface area contributed by atoms with Crippen LogP contribution in [0.15, 0.2) is 72.8 Å². The fourth-order valence-electron chi connectivity index (χ4n) is 2.47. The van der Waals surface area contributed by atoms with Gasteiger partial charge in [0.25, 0.3) is 5.91 Å². The van der Waals surface area contributed by atoms with Crippen LogP contribution in [0.1, 0.15) is 15.9 Å². The second kappa shape index (κ2) is 8.04. The van der Waals surface area contributed by atoms with Gasteiger partial charge in [-0.25, -0.2) is 0 Å². The number of methoxy groups -OCH3 is 1. The quantitative estimate of drug-likeness (QED) is 0.606. The lowest BCUT2D eigenvalue weighted by Gasteiger charge is -2.15. The van der Waals surface area contributed by atoms with Crippen molar-refractivity contribution in [2.24, 2.45) is 0 Å². The molecule has 0 fully saturated rings. The molecule has 1 amide bonds. The Kier molecular flexibility index (Phi) is 5.54. The summed E-state index contributed by atoms with van der Waals surface area (Å²) >= 11 is 0. The molecular weight excluding hydrogens is 371 g/mol. The number of rotatable bonds is 5. The summed E-state index contributed by atoms with van der Waals surface area (Å²) in [5, 5.41) is 2.49. The minimum absolute atomic E-state index is 0.0746. The van der Waals surface area contributed by atoms with Crippen LogP contribution in [0.4, 0.5) is 18.9 Å². The molecule has 144 valence electrons. The monoisotopic (exact) mass is 387 g/mol. The molecule has 7 heteroatoms. The molecule has 0 aromatic heterocycles. The Labute approximate surface area is 159 Å². The van der Waals surface area contributed by atoms with Crippen LogP contribution >= 0.6 is 0 Å². The Balaban J connectivity index is 1.95. The van der Waals surface area contributed by atoms with E-state index in [9.17, 15) is 18.0 Å². The molecule has 28 heavy (non-hydrogen) atoms. The third-order valence-corrected chi connectivity index (χ3v) is 3.86. The van der Waals surface area contributed by atoms with Gasteiger partial charge in [-0.15, -0.1) is 0 Å². The maximum absolute atomic E-state index is 13.1. The van der Waals surface area contributed by atoms with Crippen LogP contribution < -0.4 is 14.8 Å². The van der Waals surface area contributed by atoms with E-state index < -0.39 is 17.6 Å². The Morgan fingerprint density at radius 2 is 1.61 bits per heavy atom. The molecule has 0 saturated heterocycles. The van der Waals surface area contributed by atoms with E-state index in [1.165, 1.54) is 13.2 Å². The van der Waals surface area contributed by atoms with Crippen molar-refractivity contribution in [3.63, 3.8) is 0 Å². The zero-order valence-corrected chi connectivity index (χ0v) is 14.8. The number of carbonyl (C=O) groups is 1. The number of anilines is 1. The highest BCUT2D eigenvalue weighted by molar-refractivity contribution is 6.05. The van der Waals surface area contributed by atoms with Gasteiger partial charge in [-0.3, -0.25) is 4.79 Å². The molecule has 3 rings (SSSR count). The first-order chi connectivity index (χ1) is 13.4. The van der Waals surface area contributed by atoms with Crippen LogP contribution in [-0.2, 0) is 6.18 Å². The molecule has 0 unspecified atom stereocenters. The number of benzene rings is 3. The summed E-state index contributed by atoms with van der Waals surface area (Å²) in [7, 11) is 1.49. The number of carbonyl (C=O) groups excluding carboxylic acids is 1. The summed E-state index contributed by atoms with van der Waals surface area (Å²) in [6, 6.07) is 17.7. The van der Waals surface area contributed by atoms with Crippen LogP contribution in [0.2, 0.25) is 0 Å². The van der Waals surface area contributed by atoms with Gasteiger partial charge in [0.05, 0.1) is 18.4 Å². The summed E-state index contributed by atoms with van der Waals surface area (Å²) in [6.07, 6.45) is -4.55. The summed E-state index contributed by atoms with van der Waals surface area (Å²) in [4.78, 5) is 12.4. The zero-order chi connectivity index (χ0) is 20.1. The maximum atomic E-state index is 13.1. The standard InChI is InChI=1S/C21H16F3NO3/c1-27-16-8-5-9-17(13-16)28-19-11-10-15(21(22,23)24)12-18(19)25-20(26)14-6-3-2-4-7-14/h2-13H,1H3,(H,25,26). The number of amides is 1. The molecule has 0 aliphatic heterocycles. The van der Waals surface area contributed by atoms with E-state index in [0.29, 0.717) is 17.1 Å². The van der Waals surface area contributed by atoms with Crippen LogP contribution in [0.3, 0.4) is 0 Å². The van der Waals surface area contributed by atoms with Gasteiger partial charge >= 0.3 is 6.18 Å². The third-order valence-electron chi connectivity index (χ3n) is 3.86. The minimum Gasteiger partial charge on any atom is -0.497 e. The molecule has 0 aliphatic carbocycles. The first-order valence-corrected chi connectivity index (χ1v) is 8.26. The molecule has 0 bridgehead atoms. The predicted octanol–water partition coefficient (Wildman–Crippen LogP) is 5.76. The molecule has 0 saturated carbocycles. The highest BCUT2D eigenvalue weighted by Crippen LogP contribution is 2.37. The molecule has 1 N–H and O–H groups in total. The third kappa shape index (κ3) is 4.62. The van der Waals surface area contributed by atoms with E-state index in [-0.39, 0.29) is 11.4 Å². The molecule has 0 heterocycles. The second-order valence-corrected chi connectivity index (χ2v) is 5.81. The fraction of sp³-hybridized carbons (Fsp3) is 0.0952. The lowest BCUT2D eigenvalue weighted by Crippen LogP contribution is -2.14. The van der Waals surface area contributed by atoms with Crippen molar-refractivity contribution in [3.8, 4) is 17.2 Å². The Hall–Kier alpha value is -3.48. The van der Waals surface area contributed by atoms with Crippen molar-refractivity contribution in [2.45, 2.75) is 6.18 Å². The van der Waals surface area contributed by atoms with E-state index >= 15 is 0 Å². The predicted molar refractivity (Wildman–Crippen MR) is 98.9 cm³/mol.